The lowest BCUT2D eigenvalue weighted by atomic mass is 10.3. The van der Waals surface area contributed by atoms with Gasteiger partial charge in [0, 0.05) is 0 Å². The lowest BCUT2D eigenvalue weighted by molar-refractivity contribution is 0.241. The van der Waals surface area contributed by atoms with Crippen LogP contribution in [0, 0.1) is 0 Å². The van der Waals surface area contributed by atoms with Gasteiger partial charge in [-0.25, -0.2) is 0 Å². The minimum atomic E-state index is -0.0313. The van der Waals surface area contributed by atoms with Gasteiger partial charge in [-0.05, 0) is 26.1 Å². The normalized spacial score (nSPS) is 13.4. The van der Waals surface area contributed by atoms with Gasteiger partial charge in [0.25, 0.3) is 0 Å². The highest BCUT2D eigenvalue weighted by molar-refractivity contribution is 5.09. The number of hydrogen-bond acceptors (Lipinski definition) is 3. The quantitative estimate of drug-likeness (QED) is 0.685. The molecule has 0 aromatic carbocycles. The maximum absolute atomic E-state index is 8.69. The lowest BCUT2D eigenvalue weighted by Crippen LogP contribution is -2.11. The Hall–Kier alpha value is -0.800. The molecule has 0 saturated heterocycles. The molecule has 3 heteroatoms. The average Bonchev–Trinajstić information content (AvgIpc) is 2.50. The molecule has 0 radical (unpaired) electrons. The molecule has 11 heavy (non-hydrogen) atoms. The molecule has 1 aromatic rings. The molecular weight excluding hydrogens is 142 g/mol. The molecule has 0 aliphatic rings. The third-order valence-corrected chi connectivity index (χ3v) is 1.70. The third-order valence-electron chi connectivity index (χ3n) is 1.70. The van der Waals surface area contributed by atoms with Crippen molar-refractivity contribution in [1.82, 2.24) is 5.32 Å². The summed E-state index contributed by atoms with van der Waals surface area (Å²) in [6.45, 7) is 1.97. The summed E-state index contributed by atoms with van der Waals surface area (Å²) in [5, 5.41) is 11.7. The van der Waals surface area contributed by atoms with E-state index in [4.69, 9.17) is 9.52 Å². The fraction of sp³-hybridized carbons (Fsp3) is 0.500. The van der Waals surface area contributed by atoms with Crippen LogP contribution in [0.15, 0.2) is 16.5 Å². The highest BCUT2D eigenvalue weighted by Crippen LogP contribution is 2.15. The van der Waals surface area contributed by atoms with Crippen molar-refractivity contribution >= 4 is 0 Å². The Kier molecular flexibility index (Phi) is 2.68. The van der Waals surface area contributed by atoms with E-state index < -0.39 is 0 Å². The Balaban J connectivity index is 2.71. The van der Waals surface area contributed by atoms with Crippen molar-refractivity contribution in [2.75, 3.05) is 7.05 Å². The van der Waals surface area contributed by atoms with E-state index in [9.17, 15) is 0 Å². The topological polar surface area (TPSA) is 45.4 Å². The van der Waals surface area contributed by atoms with Gasteiger partial charge in [-0.1, -0.05) is 0 Å². The summed E-state index contributed by atoms with van der Waals surface area (Å²) in [5.74, 6) is 1.47. The Morgan fingerprint density at radius 2 is 2.36 bits per heavy atom. The van der Waals surface area contributed by atoms with Crippen LogP contribution in [0.1, 0.15) is 24.5 Å². The highest BCUT2D eigenvalue weighted by atomic mass is 16.4. The number of furan rings is 1. The van der Waals surface area contributed by atoms with Crippen molar-refractivity contribution < 1.29 is 9.52 Å². The van der Waals surface area contributed by atoms with Crippen molar-refractivity contribution in [1.29, 1.82) is 0 Å². The van der Waals surface area contributed by atoms with Gasteiger partial charge in [0.2, 0.25) is 0 Å². The lowest BCUT2D eigenvalue weighted by Gasteiger charge is -2.04. The summed E-state index contributed by atoms with van der Waals surface area (Å²) < 4.78 is 5.27. The maximum Gasteiger partial charge on any atom is 0.129 e. The molecule has 1 atom stereocenters. The van der Waals surface area contributed by atoms with Gasteiger partial charge < -0.3 is 14.8 Å². The van der Waals surface area contributed by atoms with Crippen LogP contribution in [-0.2, 0) is 6.61 Å². The van der Waals surface area contributed by atoms with Gasteiger partial charge >= 0.3 is 0 Å². The van der Waals surface area contributed by atoms with Gasteiger partial charge in [0.1, 0.15) is 18.1 Å². The molecular formula is C8H13NO2. The number of hydrogen-bond donors (Lipinski definition) is 2. The highest BCUT2D eigenvalue weighted by Gasteiger charge is 2.06. The van der Waals surface area contributed by atoms with Crippen molar-refractivity contribution in [3.63, 3.8) is 0 Å². The first-order valence-corrected chi connectivity index (χ1v) is 3.64. The van der Waals surface area contributed by atoms with Gasteiger partial charge in [0.15, 0.2) is 0 Å². The summed E-state index contributed by atoms with van der Waals surface area (Å²) in [6, 6.07) is 3.85. The first-order valence-electron chi connectivity index (χ1n) is 3.64. The first-order chi connectivity index (χ1) is 5.27. The van der Waals surface area contributed by atoms with E-state index in [1.807, 2.05) is 20.0 Å². The minimum Gasteiger partial charge on any atom is -0.462 e. The number of nitrogens with one attached hydrogen (secondary N) is 1. The van der Waals surface area contributed by atoms with Crippen LogP contribution >= 0.6 is 0 Å². The van der Waals surface area contributed by atoms with Crippen LogP contribution in [-0.4, -0.2) is 12.2 Å². The van der Waals surface area contributed by atoms with E-state index in [0.29, 0.717) is 5.76 Å². The van der Waals surface area contributed by atoms with E-state index >= 15 is 0 Å². The molecule has 0 fully saturated rings. The zero-order chi connectivity index (χ0) is 8.27. The Labute approximate surface area is 66.0 Å². The average molecular weight is 155 g/mol. The SMILES string of the molecule is CN[C@H](C)c1ccc(CO)o1. The standard InChI is InChI=1S/C8H13NO2/c1-6(9-2)8-4-3-7(5-10)11-8/h3-4,6,9-10H,5H2,1-2H3/t6-/m1/s1. The van der Waals surface area contributed by atoms with E-state index in [0.717, 1.165) is 5.76 Å². The van der Waals surface area contributed by atoms with Crippen LogP contribution in [0.5, 0.6) is 0 Å². The van der Waals surface area contributed by atoms with Crippen molar-refractivity contribution in [2.24, 2.45) is 0 Å². The van der Waals surface area contributed by atoms with Crippen LogP contribution in [0.3, 0.4) is 0 Å². The molecule has 1 heterocycles. The Morgan fingerprint density at radius 3 is 2.82 bits per heavy atom. The predicted molar refractivity (Wildman–Crippen MR) is 42.1 cm³/mol. The Bertz CT molecular complexity index is 220. The maximum atomic E-state index is 8.69. The second-order valence-electron chi connectivity index (χ2n) is 2.47. The molecule has 0 aliphatic heterocycles. The second kappa shape index (κ2) is 3.55. The molecule has 2 N–H and O–H groups in total. The largest absolute Gasteiger partial charge is 0.462 e. The van der Waals surface area contributed by atoms with E-state index in [1.165, 1.54) is 0 Å². The zero-order valence-corrected chi connectivity index (χ0v) is 6.79. The molecule has 3 nitrogen and oxygen atoms in total. The fourth-order valence-electron chi connectivity index (χ4n) is 0.854. The predicted octanol–water partition coefficient (Wildman–Crippen LogP) is 1.05. The van der Waals surface area contributed by atoms with E-state index in [2.05, 4.69) is 5.32 Å². The monoisotopic (exact) mass is 155 g/mol. The van der Waals surface area contributed by atoms with Crippen LogP contribution in [0.4, 0.5) is 0 Å². The summed E-state index contributed by atoms with van der Waals surface area (Å²) >= 11 is 0. The van der Waals surface area contributed by atoms with Crippen molar-refractivity contribution in [2.45, 2.75) is 19.6 Å². The summed E-state index contributed by atoms with van der Waals surface area (Å²) in [6.07, 6.45) is 0. The molecule has 1 aromatic heterocycles. The number of rotatable bonds is 3. The first kappa shape index (κ1) is 8.30. The van der Waals surface area contributed by atoms with Gasteiger partial charge in [-0.2, -0.15) is 0 Å². The molecule has 0 saturated carbocycles. The number of aliphatic hydroxyl groups is 1. The molecule has 62 valence electrons. The molecule has 0 unspecified atom stereocenters. The van der Waals surface area contributed by atoms with Crippen molar-refractivity contribution in [3.05, 3.63) is 23.7 Å². The summed E-state index contributed by atoms with van der Waals surface area (Å²) in [7, 11) is 1.87. The molecule has 0 spiro atoms. The second-order valence-corrected chi connectivity index (χ2v) is 2.47. The minimum absolute atomic E-state index is 0.0313. The molecule has 0 aliphatic carbocycles. The van der Waals surface area contributed by atoms with Gasteiger partial charge in [-0.3, -0.25) is 0 Å². The Morgan fingerprint density at radius 1 is 1.64 bits per heavy atom. The summed E-state index contributed by atoms with van der Waals surface area (Å²) in [5.41, 5.74) is 0. The van der Waals surface area contributed by atoms with Crippen LogP contribution in [0.2, 0.25) is 0 Å². The van der Waals surface area contributed by atoms with Crippen LogP contribution < -0.4 is 5.32 Å². The zero-order valence-electron chi connectivity index (χ0n) is 6.79. The summed E-state index contributed by atoms with van der Waals surface area (Å²) in [4.78, 5) is 0. The fourth-order valence-corrected chi connectivity index (χ4v) is 0.854. The smallest absolute Gasteiger partial charge is 0.129 e. The van der Waals surface area contributed by atoms with Crippen molar-refractivity contribution in [3.8, 4) is 0 Å². The van der Waals surface area contributed by atoms with E-state index in [-0.39, 0.29) is 12.6 Å². The molecule has 0 amide bonds. The van der Waals surface area contributed by atoms with Gasteiger partial charge in [-0.15, -0.1) is 0 Å². The van der Waals surface area contributed by atoms with Gasteiger partial charge in [0.05, 0.1) is 6.04 Å². The number of aliphatic hydroxyl groups excluding tert-OH is 1. The third kappa shape index (κ3) is 1.82. The van der Waals surface area contributed by atoms with Crippen LogP contribution in [0.25, 0.3) is 0 Å². The molecule has 1 rings (SSSR count). The molecule has 0 bridgehead atoms. The van der Waals surface area contributed by atoms with E-state index in [1.54, 1.807) is 6.07 Å².